The largest absolute Gasteiger partial charge is 0.465 e. The van der Waals surface area contributed by atoms with Gasteiger partial charge in [0.25, 0.3) is 0 Å². The number of esters is 1. The highest BCUT2D eigenvalue weighted by molar-refractivity contribution is 7.99. The molecule has 1 saturated heterocycles. The second kappa shape index (κ2) is 6.96. The molecule has 0 spiro atoms. The molecule has 3 nitrogen and oxygen atoms in total. The van der Waals surface area contributed by atoms with Gasteiger partial charge in [0.2, 0.25) is 0 Å². The van der Waals surface area contributed by atoms with Crippen LogP contribution in [0.15, 0.2) is 11.4 Å². The summed E-state index contributed by atoms with van der Waals surface area (Å²) in [6.45, 7) is 1.30. The third kappa shape index (κ3) is 3.57. The maximum Gasteiger partial charge on any atom is 0.308 e. The lowest BCUT2D eigenvalue weighted by atomic mass is 10.0. The van der Waals surface area contributed by atoms with E-state index < -0.39 is 0 Å². The molecule has 3 heterocycles. The summed E-state index contributed by atoms with van der Waals surface area (Å²) in [5, 5.41) is 2.08. The van der Waals surface area contributed by atoms with Crippen LogP contribution in [0.1, 0.15) is 35.8 Å². The Bertz CT molecular complexity index is 452. The van der Waals surface area contributed by atoms with Crippen LogP contribution < -0.4 is 0 Å². The maximum absolute atomic E-state index is 12.0. The third-order valence-corrected chi connectivity index (χ3v) is 6.04. The molecule has 0 bridgehead atoms. The highest BCUT2D eigenvalue weighted by Crippen LogP contribution is 2.34. The lowest BCUT2D eigenvalue weighted by Crippen LogP contribution is -2.22. The van der Waals surface area contributed by atoms with Crippen LogP contribution in [0.3, 0.4) is 0 Å². The van der Waals surface area contributed by atoms with Crippen LogP contribution in [-0.2, 0) is 20.7 Å². The monoisotopic (exact) mass is 312 g/mol. The van der Waals surface area contributed by atoms with Crippen LogP contribution in [0, 0.1) is 5.92 Å². The normalized spacial score (nSPS) is 23.3. The van der Waals surface area contributed by atoms with E-state index in [4.69, 9.17) is 9.47 Å². The van der Waals surface area contributed by atoms with Gasteiger partial charge >= 0.3 is 5.97 Å². The van der Waals surface area contributed by atoms with Crippen LogP contribution in [0.4, 0.5) is 0 Å². The van der Waals surface area contributed by atoms with Gasteiger partial charge < -0.3 is 9.47 Å². The van der Waals surface area contributed by atoms with Gasteiger partial charge in [0, 0.05) is 4.88 Å². The SMILES string of the molecule is O=C(C[C@@H]1OCCc2ccsc21)OCC1CCSCC1. The van der Waals surface area contributed by atoms with Gasteiger partial charge in [-0.1, -0.05) is 0 Å². The molecule has 20 heavy (non-hydrogen) atoms. The van der Waals surface area contributed by atoms with Gasteiger partial charge in [-0.25, -0.2) is 0 Å². The second-order valence-electron chi connectivity index (χ2n) is 5.36. The fraction of sp³-hybridized carbons (Fsp3) is 0.667. The van der Waals surface area contributed by atoms with Crippen LogP contribution in [0.25, 0.3) is 0 Å². The molecule has 0 N–H and O–H groups in total. The summed E-state index contributed by atoms with van der Waals surface area (Å²) in [6, 6.07) is 2.14. The molecule has 3 rings (SSSR count). The first kappa shape index (κ1) is 14.4. The molecule has 0 aromatic carbocycles. The van der Waals surface area contributed by atoms with Gasteiger partial charge in [0.1, 0.15) is 6.10 Å². The Labute approximate surface area is 128 Å². The van der Waals surface area contributed by atoms with E-state index >= 15 is 0 Å². The number of thiophene rings is 1. The zero-order valence-corrected chi connectivity index (χ0v) is 13.1. The van der Waals surface area contributed by atoms with Crippen molar-refractivity contribution in [2.45, 2.75) is 31.8 Å². The van der Waals surface area contributed by atoms with Crippen molar-refractivity contribution in [3.63, 3.8) is 0 Å². The maximum atomic E-state index is 12.0. The number of hydrogen-bond donors (Lipinski definition) is 0. The van der Waals surface area contributed by atoms with Crippen molar-refractivity contribution in [2.75, 3.05) is 24.7 Å². The molecule has 5 heteroatoms. The zero-order chi connectivity index (χ0) is 13.8. The molecule has 1 fully saturated rings. The first-order valence-corrected chi connectivity index (χ1v) is 9.27. The van der Waals surface area contributed by atoms with Crippen molar-refractivity contribution >= 4 is 29.1 Å². The van der Waals surface area contributed by atoms with E-state index in [0.717, 1.165) is 6.42 Å². The Morgan fingerprint density at radius 1 is 1.40 bits per heavy atom. The van der Waals surface area contributed by atoms with Crippen LogP contribution in [0.2, 0.25) is 0 Å². The first-order chi connectivity index (χ1) is 9.83. The summed E-state index contributed by atoms with van der Waals surface area (Å²) < 4.78 is 11.2. The van der Waals surface area contributed by atoms with E-state index in [1.165, 1.54) is 34.8 Å². The van der Waals surface area contributed by atoms with Crippen molar-refractivity contribution in [3.8, 4) is 0 Å². The summed E-state index contributed by atoms with van der Waals surface area (Å²) in [6.07, 6.45) is 3.58. The summed E-state index contributed by atoms with van der Waals surface area (Å²) in [4.78, 5) is 13.2. The van der Waals surface area contributed by atoms with E-state index in [0.29, 0.717) is 25.6 Å². The fourth-order valence-corrected chi connectivity index (χ4v) is 4.92. The van der Waals surface area contributed by atoms with E-state index in [1.807, 2.05) is 11.8 Å². The number of hydrogen-bond acceptors (Lipinski definition) is 5. The number of fused-ring (bicyclic) bond motifs is 1. The Balaban J connectivity index is 1.47. The minimum atomic E-state index is -0.116. The van der Waals surface area contributed by atoms with Crippen molar-refractivity contribution in [1.82, 2.24) is 0 Å². The quantitative estimate of drug-likeness (QED) is 0.798. The minimum Gasteiger partial charge on any atom is -0.465 e. The lowest BCUT2D eigenvalue weighted by molar-refractivity contribution is -0.148. The number of thioether (sulfide) groups is 1. The minimum absolute atomic E-state index is 0.0897. The number of ether oxygens (including phenoxy) is 2. The highest BCUT2D eigenvalue weighted by Gasteiger charge is 2.25. The van der Waals surface area contributed by atoms with Gasteiger partial charge in [0.15, 0.2) is 0 Å². The van der Waals surface area contributed by atoms with Crippen molar-refractivity contribution in [1.29, 1.82) is 0 Å². The third-order valence-electron chi connectivity index (χ3n) is 3.94. The molecule has 0 unspecified atom stereocenters. The fourth-order valence-electron chi connectivity index (χ4n) is 2.71. The molecule has 2 aliphatic heterocycles. The van der Waals surface area contributed by atoms with E-state index in [2.05, 4.69) is 11.4 Å². The highest BCUT2D eigenvalue weighted by atomic mass is 32.2. The Morgan fingerprint density at radius 2 is 2.25 bits per heavy atom. The molecular weight excluding hydrogens is 292 g/mol. The molecule has 1 aromatic rings. The Morgan fingerprint density at radius 3 is 3.10 bits per heavy atom. The summed E-state index contributed by atoms with van der Waals surface area (Å²) in [5.41, 5.74) is 1.34. The lowest BCUT2D eigenvalue weighted by Gasteiger charge is -2.24. The number of carbonyl (C=O) groups is 1. The molecule has 1 atom stereocenters. The van der Waals surface area contributed by atoms with Gasteiger partial charge in [-0.3, -0.25) is 4.79 Å². The topological polar surface area (TPSA) is 35.5 Å². The molecule has 0 radical (unpaired) electrons. The Hall–Kier alpha value is -0.520. The van der Waals surface area contributed by atoms with E-state index in [-0.39, 0.29) is 12.1 Å². The van der Waals surface area contributed by atoms with Crippen LogP contribution >= 0.6 is 23.1 Å². The standard InChI is InChI=1S/C15H20O3S2/c16-14(18-10-11-2-6-19-7-3-11)9-13-15-12(1-5-17-13)4-8-20-15/h4,8,11,13H,1-3,5-7,9-10H2/t13-/m0/s1. The molecule has 1 aromatic heterocycles. The summed E-state index contributed by atoms with van der Waals surface area (Å²) >= 11 is 3.68. The molecule has 0 aliphatic carbocycles. The first-order valence-electron chi connectivity index (χ1n) is 7.24. The number of rotatable bonds is 4. The van der Waals surface area contributed by atoms with Crippen LogP contribution in [0.5, 0.6) is 0 Å². The summed E-state index contributed by atoms with van der Waals surface area (Å²) in [7, 11) is 0. The predicted octanol–water partition coefficient (Wildman–Crippen LogP) is 3.44. The van der Waals surface area contributed by atoms with Crippen molar-refractivity contribution in [3.05, 3.63) is 21.9 Å². The van der Waals surface area contributed by atoms with Crippen molar-refractivity contribution < 1.29 is 14.3 Å². The summed E-state index contributed by atoms with van der Waals surface area (Å²) in [5.74, 6) is 2.85. The van der Waals surface area contributed by atoms with Gasteiger partial charge in [-0.2, -0.15) is 11.8 Å². The van der Waals surface area contributed by atoms with Crippen molar-refractivity contribution in [2.24, 2.45) is 5.92 Å². The molecule has 2 aliphatic rings. The Kier molecular flexibility index (Phi) is 5.02. The average Bonchev–Trinajstić information content (AvgIpc) is 2.96. The number of carbonyl (C=O) groups excluding carboxylic acids is 1. The predicted molar refractivity (Wildman–Crippen MR) is 82.3 cm³/mol. The van der Waals surface area contributed by atoms with Gasteiger partial charge in [0.05, 0.1) is 19.6 Å². The molecular formula is C15H20O3S2. The molecule has 110 valence electrons. The second-order valence-corrected chi connectivity index (χ2v) is 7.53. The van der Waals surface area contributed by atoms with E-state index in [9.17, 15) is 4.79 Å². The molecule has 0 amide bonds. The average molecular weight is 312 g/mol. The van der Waals surface area contributed by atoms with E-state index in [1.54, 1.807) is 11.3 Å². The molecule has 0 saturated carbocycles. The van der Waals surface area contributed by atoms with Gasteiger partial charge in [-0.15, -0.1) is 11.3 Å². The smallest absolute Gasteiger partial charge is 0.308 e. The van der Waals surface area contributed by atoms with Gasteiger partial charge in [-0.05, 0) is 53.7 Å². The van der Waals surface area contributed by atoms with Crippen LogP contribution in [-0.4, -0.2) is 30.7 Å². The zero-order valence-electron chi connectivity index (χ0n) is 11.5.